The summed E-state index contributed by atoms with van der Waals surface area (Å²) in [5.74, 6) is -1.07. The van der Waals surface area contributed by atoms with E-state index in [-0.39, 0.29) is 17.4 Å². The molecule has 0 saturated carbocycles. The van der Waals surface area contributed by atoms with Crippen LogP contribution in [0.4, 0.5) is 15.2 Å². The van der Waals surface area contributed by atoms with Gasteiger partial charge in [0.15, 0.2) is 0 Å². The number of nitrogens with zero attached hydrogens (tertiary/aromatic N) is 3. The molecule has 1 unspecified atom stereocenters. The topological polar surface area (TPSA) is 75.2 Å². The van der Waals surface area contributed by atoms with Crippen LogP contribution in [0.3, 0.4) is 0 Å². The molecule has 1 aromatic heterocycles. The Kier molecular flexibility index (Phi) is 5.06. The van der Waals surface area contributed by atoms with Crippen LogP contribution in [0.2, 0.25) is 5.02 Å². The van der Waals surface area contributed by atoms with E-state index in [0.29, 0.717) is 28.1 Å². The number of anilines is 2. The molecule has 1 aliphatic rings. The Bertz CT molecular complexity index is 1040. The summed E-state index contributed by atoms with van der Waals surface area (Å²) >= 11 is 7.11. The highest BCUT2D eigenvalue weighted by molar-refractivity contribution is 7.15. The van der Waals surface area contributed by atoms with Crippen LogP contribution in [0, 0.1) is 5.82 Å². The van der Waals surface area contributed by atoms with Gasteiger partial charge in [0.05, 0.1) is 0 Å². The molecular formula is C19H14ClFN4O2S. The maximum absolute atomic E-state index is 13.3. The molecule has 142 valence electrons. The average Bonchev–Trinajstić information content (AvgIpc) is 3.29. The van der Waals surface area contributed by atoms with Crippen LogP contribution in [0.5, 0.6) is 0 Å². The number of carbonyl (C=O) groups excluding carboxylic acids is 2. The number of carbonyl (C=O) groups is 2. The normalized spacial score (nSPS) is 16.4. The molecule has 0 radical (unpaired) electrons. The fourth-order valence-electron chi connectivity index (χ4n) is 2.99. The first kappa shape index (κ1) is 18.5. The average molecular weight is 417 g/mol. The Hall–Kier alpha value is -2.84. The van der Waals surface area contributed by atoms with Crippen molar-refractivity contribution in [3.63, 3.8) is 0 Å². The minimum Gasteiger partial charge on any atom is -0.312 e. The maximum Gasteiger partial charge on any atom is 0.257 e. The van der Waals surface area contributed by atoms with Gasteiger partial charge in [0.2, 0.25) is 11.0 Å². The molecule has 0 bridgehead atoms. The molecule has 2 aromatic carbocycles. The van der Waals surface area contributed by atoms with Gasteiger partial charge in [0, 0.05) is 35.2 Å². The van der Waals surface area contributed by atoms with Crippen LogP contribution in [-0.4, -0.2) is 28.6 Å². The smallest absolute Gasteiger partial charge is 0.257 e. The number of rotatable bonds is 4. The number of nitrogens with one attached hydrogen (secondary N) is 1. The molecule has 0 spiro atoms. The third-order valence-electron chi connectivity index (χ3n) is 4.36. The summed E-state index contributed by atoms with van der Waals surface area (Å²) in [5.41, 5.74) is 0.975. The lowest BCUT2D eigenvalue weighted by atomic mass is 10.1. The summed E-state index contributed by atoms with van der Waals surface area (Å²) in [4.78, 5) is 26.3. The largest absolute Gasteiger partial charge is 0.312 e. The van der Waals surface area contributed by atoms with Crippen molar-refractivity contribution in [2.24, 2.45) is 0 Å². The van der Waals surface area contributed by atoms with Crippen LogP contribution >= 0.6 is 22.9 Å². The summed E-state index contributed by atoms with van der Waals surface area (Å²) in [6.45, 7) is 0.479. The van der Waals surface area contributed by atoms with Crippen molar-refractivity contribution in [1.29, 1.82) is 0 Å². The second kappa shape index (κ2) is 7.65. The number of halogens is 2. The van der Waals surface area contributed by atoms with Crippen LogP contribution in [-0.2, 0) is 4.79 Å². The molecule has 4 rings (SSSR count). The minimum atomic E-state index is -0.489. The zero-order valence-corrected chi connectivity index (χ0v) is 16.0. The third-order valence-corrected chi connectivity index (χ3v) is 5.61. The zero-order valence-electron chi connectivity index (χ0n) is 14.4. The van der Waals surface area contributed by atoms with Crippen molar-refractivity contribution in [2.45, 2.75) is 12.3 Å². The first-order valence-corrected chi connectivity index (χ1v) is 9.65. The van der Waals surface area contributed by atoms with E-state index in [1.807, 2.05) is 0 Å². The van der Waals surface area contributed by atoms with Crippen molar-refractivity contribution < 1.29 is 14.0 Å². The highest BCUT2D eigenvalue weighted by Crippen LogP contribution is 2.34. The highest BCUT2D eigenvalue weighted by Gasteiger charge is 2.34. The lowest BCUT2D eigenvalue weighted by Crippen LogP contribution is -2.24. The quantitative estimate of drug-likeness (QED) is 0.694. The van der Waals surface area contributed by atoms with Gasteiger partial charge in [-0.1, -0.05) is 29.0 Å². The van der Waals surface area contributed by atoms with Gasteiger partial charge < -0.3 is 4.90 Å². The van der Waals surface area contributed by atoms with E-state index in [9.17, 15) is 14.0 Å². The number of hydrogen-bond donors (Lipinski definition) is 1. The van der Waals surface area contributed by atoms with Gasteiger partial charge >= 0.3 is 0 Å². The summed E-state index contributed by atoms with van der Waals surface area (Å²) in [7, 11) is 0. The van der Waals surface area contributed by atoms with E-state index in [1.54, 1.807) is 29.2 Å². The molecule has 6 nitrogen and oxygen atoms in total. The van der Waals surface area contributed by atoms with Gasteiger partial charge in [-0.3, -0.25) is 14.9 Å². The summed E-state index contributed by atoms with van der Waals surface area (Å²) < 4.78 is 13.3. The summed E-state index contributed by atoms with van der Waals surface area (Å²) in [6, 6.07) is 12.5. The minimum absolute atomic E-state index is 0.00660. The predicted molar refractivity (Wildman–Crippen MR) is 105 cm³/mol. The Morgan fingerprint density at radius 1 is 1.21 bits per heavy atom. The number of amides is 2. The van der Waals surface area contributed by atoms with E-state index < -0.39 is 11.7 Å². The first-order valence-electron chi connectivity index (χ1n) is 8.46. The zero-order chi connectivity index (χ0) is 19.7. The van der Waals surface area contributed by atoms with Crippen molar-refractivity contribution in [1.82, 2.24) is 10.2 Å². The summed E-state index contributed by atoms with van der Waals surface area (Å²) in [5, 5.41) is 12.3. The molecule has 0 aliphatic carbocycles. The maximum atomic E-state index is 13.3. The van der Waals surface area contributed by atoms with Gasteiger partial charge in [-0.15, -0.1) is 10.2 Å². The molecule has 9 heteroatoms. The van der Waals surface area contributed by atoms with E-state index in [4.69, 9.17) is 11.6 Å². The standard InChI is InChI=1S/C19H14ClFN4O2S/c20-13-4-6-15(7-5-13)25-10-12(9-16(25)26)18-23-24-19(28-18)22-17(27)11-2-1-3-14(21)8-11/h1-8,12H,9-10H2,(H,22,24,27). The van der Waals surface area contributed by atoms with E-state index in [0.717, 1.165) is 11.8 Å². The predicted octanol–water partition coefficient (Wildman–Crippen LogP) is 4.10. The summed E-state index contributed by atoms with van der Waals surface area (Å²) in [6.07, 6.45) is 0.315. The number of benzene rings is 2. The van der Waals surface area contributed by atoms with E-state index in [2.05, 4.69) is 15.5 Å². The van der Waals surface area contributed by atoms with Crippen LogP contribution in [0.1, 0.15) is 27.7 Å². The lowest BCUT2D eigenvalue weighted by Gasteiger charge is -2.16. The molecule has 28 heavy (non-hydrogen) atoms. The van der Waals surface area contributed by atoms with Crippen LogP contribution in [0.25, 0.3) is 0 Å². The highest BCUT2D eigenvalue weighted by atomic mass is 35.5. The van der Waals surface area contributed by atoms with E-state index >= 15 is 0 Å². The lowest BCUT2D eigenvalue weighted by molar-refractivity contribution is -0.117. The van der Waals surface area contributed by atoms with Gasteiger partial charge in [-0.25, -0.2) is 4.39 Å². The fourth-order valence-corrected chi connectivity index (χ4v) is 3.95. The van der Waals surface area contributed by atoms with E-state index in [1.165, 1.54) is 29.5 Å². The first-order chi connectivity index (χ1) is 13.5. The molecule has 1 fully saturated rings. The van der Waals surface area contributed by atoms with Crippen LogP contribution in [0.15, 0.2) is 48.5 Å². The second-order valence-electron chi connectivity index (χ2n) is 6.29. The molecular weight excluding hydrogens is 403 g/mol. The Labute approximate surface area is 169 Å². The number of aromatic nitrogens is 2. The molecule has 1 atom stereocenters. The molecule has 1 N–H and O–H groups in total. The van der Waals surface area contributed by atoms with Gasteiger partial charge in [0.25, 0.3) is 5.91 Å². The Balaban J connectivity index is 1.45. The van der Waals surface area contributed by atoms with Crippen molar-refractivity contribution >= 4 is 45.6 Å². The Morgan fingerprint density at radius 3 is 2.75 bits per heavy atom. The van der Waals surface area contributed by atoms with Crippen LogP contribution < -0.4 is 10.2 Å². The SMILES string of the molecule is O=C(Nc1nnc(C2CC(=O)N(c3ccc(Cl)cc3)C2)s1)c1cccc(F)c1. The molecule has 1 saturated heterocycles. The second-order valence-corrected chi connectivity index (χ2v) is 7.74. The third kappa shape index (κ3) is 3.88. The van der Waals surface area contributed by atoms with Gasteiger partial charge in [-0.2, -0.15) is 0 Å². The fraction of sp³-hybridized carbons (Fsp3) is 0.158. The molecule has 2 amide bonds. The van der Waals surface area contributed by atoms with Gasteiger partial charge in [-0.05, 0) is 42.5 Å². The molecule has 2 heterocycles. The van der Waals surface area contributed by atoms with Crippen molar-refractivity contribution in [3.8, 4) is 0 Å². The van der Waals surface area contributed by atoms with Crippen molar-refractivity contribution in [3.05, 3.63) is 69.9 Å². The number of hydrogen-bond acceptors (Lipinski definition) is 5. The monoisotopic (exact) mass is 416 g/mol. The van der Waals surface area contributed by atoms with Crippen molar-refractivity contribution in [2.75, 3.05) is 16.8 Å². The molecule has 3 aromatic rings. The van der Waals surface area contributed by atoms with Gasteiger partial charge in [0.1, 0.15) is 10.8 Å². The Morgan fingerprint density at radius 2 is 2.00 bits per heavy atom. The molecule has 1 aliphatic heterocycles.